The van der Waals surface area contributed by atoms with Crippen LogP contribution in [0.4, 0.5) is 5.69 Å². The Labute approximate surface area is 194 Å². The second-order valence-electron chi connectivity index (χ2n) is 8.39. The lowest BCUT2D eigenvalue weighted by Gasteiger charge is -2.23. The number of phenolic OH excluding ortho intramolecular Hbond substituents is 2. The van der Waals surface area contributed by atoms with Crippen LogP contribution in [0.25, 0.3) is 38.4 Å². The molecule has 0 aliphatic heterocycles. The Bertz CT molecular complexity index is 1530. The number of carboxylic acid groups (broad SMARTS) is 1. The molecule has 34 heavy (non-hydrogen) atoms. The van der Waals surface area contributed by atoms with Gasteiger partial charge in [0.25, 0.3) is 0 Å². The van der Waals surface area contributed by atoms with Crippen molar-refractivity contribution in [3.05, 3.63) is 71.1 Å². The molecule has 0 fully saturated rings. The van der Waals surface area contributed by atoms with Gasteiger partial charge >= 0.3 is 5.97 Å². The molecule has 0 spiro atoms. The number of nitrogens with two attached hydrogens (primary N) is 1. The first-order valence-corrected chi connectivity index (χ1v) is 10.2. The first kappa shape index (κ1) is 22.4. The number of hydrogen-bond acceptors (Lipinski definition) is 5. The number of carbonyl (C=O) groups is 1. The number of nitrogens with zero attached hydrogens (tertiary/aromatic N) is 2. The number of aliphatic carboxylic acids is 1. The predicted octanol–water partition coefficient (Wildman–Crippen LogP) is 4.51. The first-order chi connectivity index (χ1) is 16.0. The zero-order chi connectivity index (χ0) is 24.8. The van der Waals surface area contributed by atoms with Gasteiger partial charge in [0.1, 0.15) is 23.2 Å². The number of nitrogens with one attached hydrogen (secondary N) is 2. The second kappa shape index (κ2) is 7.94. The molecule has 7 N–H and O–H groups in total. The molecule has 0 saturated heterocycles. The zero-order valence-corrected chi connectivity index (χ0v) is 18.3. The third-order valence-corrected chi connectivity index (χ3v) is 5.81. The van der Waals surface area contributed by atoms with Crippen molar-refractivity contribution in [1.82, 2.24) is 9.97 Å². The Kier molecular flexibility index (Phi) is 5.22. The molecular formula is C25H21N5O4. The maximum atomic E-state index is 12.0. The van der Waals surface area contributed by atoms with Crippen LogP contribution in [0.5, 0.6) is 11.5 Å². The molecule has 9 nitrogen and oxygen atoms in total. The first-order valence-electron chi connectivity index (χ1n) is 10.2. The van der Waals surface area contributed by atoms with Gasteiger partial charge < -0.3 is 26.0 Å². The number of nitrogen functional groups attached to an aromatic ring is 1. The number of hydrogen-bond donors (Lipinski definition) is 6. The Balaban J connectivity index is 2.03. The van der Waals surface area contributed by atoms with Gasteiger partial charge in [-0.15, -0.1) is 0 Å². The summed E-state index contributed by atoms with van der Waals surface area (Å²) in [6.07, 6.45) is 0. The summed E-state index contributed by atoms with van der Waals surface area (Å²) in [4.78, 5) is 23.0. The summed E-state index contributed by atoms with van der Waals surface area (Å²) in [6.45, 7) is 10.3. The molecule has 4 aromatic rings. The zero-order valence-electron chi connectivity index (χ0n) is 18.3. The minimum absolute atomic E-state index is 0.108. The van der Waals surface area contributed by atoms with E-state index in [1.807, 2.05) is 0 Å². The number of imidazole rings is 1. The Morgan fingerprint density at radius 2 is 1.79 bits per heavy atom. The molecule has 4 rings (SSSR count). The van der Waals surface area contributed by atoms with Gasteiger partial charge in [0.05, 0.1) is 28.6 Å². The van der Waals surface area contributed by atoms with Crippen LogP contribution >= 0.6 is 0 Å². The number of H-pyrrole nitrogens is 1. The standard InChI is InChI=1S/C25H21N5O4/c1-25(2,24(33)34)13-9-16(15-11-14(28-3)5-7-20(15)31)21(32)17(10-13)23-29-18-6-4-12(22(26)27)8-19(18)30-23/h4-11,31-32H,1-2H3,(H3,26,27)(H,29,30)(H,33,34). The van der Waals surface area contributed by atoms with Crippen molar-refractivity contribution in [3.63, 3.8) is 0 Å². The van der Waals surface area contributed by atoms with Crippen LogP contribution in [-0.2, 0) is 10.2 Å². The highest BCUT2D eigenvalue weighted by Gasteiger charge is 2.32. The van der Waals surface area contributed by atoms with Crippen LogP contribution < -0.4 is 5.73 Å². The monoisotopic (exact) mass is 455 g/mol. The number of rotatable bonds is 5. The van der Waals surface area contributed by atoms with Crippen molar-refractivity contribution in [2.75, 3.05) is 0 Å². The molecule has 0 amide bonds. The number of aromatic amines is 1. The SMILES string of the molecule is [C-]#[N+]c1ccc(O)c(-c2cc(C(C)(C)C(=O)O)cc(-c3nc4ccc(C(=N)N)cc4[nH]3)c2O)c1. The fourth-order valence-electron chi connectivity index (χ4n) is 3.62. The number of fused-ring (bicyclic) bond motifs is 1. The van der Waals surface area contributed by atoms with Gasteiger partial charge in [-0.3, -0.25) is 10.2 Å². The van der Waals surface area contributed by atoms with Crippen LogP contribution in [0.1, 0.15) is 25.0 Å². The van der Waals surface area contributed by atoms with Gasteiger partial charge in [0.2, 0.25) is 0 Å². The van der Waals surface area contributed by atoms with Crippen LogP contribution in [0.3, 0.4) is 0 Å². The summed E-state index contributed by atoms with van der Waals surface area (Å²) in [5.41, 5.74) is 7.04. The lowest BCUT2D eigenvalue weighted by Crippen LogP contribution is -2.28. The van der Waals surface area contributed by atoms with Crippen LogP contribution in [-0.4, -0.2) is 37.1 Å². The highest BCUT2D eigenvalue weighted by Crippen LogP contribution is 2.45. The topological polar surface area (TPSA) is 161 Å². The fourth-order valence-corrected chi connectivity index (χ4v) is 3.62. The normalized spacial score (nSPS) is 11.3. The summed E-state index contributed by atoms with van der Waals surface area (Å²) < 4.78 is 0. The number of amidine groups is 1. The van der Waals surface area contributed by atoms with Gasteiger partial charge in [0, 0.05) is 16.7 Å². The quantitative estimate of drug-likeness (QED) is 0.147. The molecule has 0 radical (unpaired) electrons. The summed E-state index contributed by atoms with van der Waals surface area (Å²) in [5, 5.41) is 39.2. The van der Waals surface area contributed by atoms with E-state index in [9.17, 15) is 20.1 Å². The van der Waals surface area contributed by atoms with Gasteiger partial charge in [-0.2, -0.15) is 0 Å². The fraction of sp³-hybridized carbons (Fsp3) is 0.120. The summed E-state index contributed by atoms with van der Waals surface area (Å²) in [5.74, 6) is -1.34. The molecule has 0 unspecified atom stereocenters. The van der Waals surface area contributed by atoms with E-state index in [0.29, 0.717) is 22.2 Å². The minimum Gasteiger partial charge on any atom is -0.507 e. The Morgan fingerprint density at radius 1 is 1.09 bits per heavy atom. The van der Waals surface area contributed by atoms with E-state index in [2.05, 4.69) is 14.8 Å². The average Bonchev–Trinajstić information content (AvgIpc) is 3.22. The molecule has 170 valence electrons. The molecule has 0 saturated carbocycles. The van der Waals surface area contributed by atoms with Crippen molar-refractivity contribution in [2.45, 2.75) is 19.3 Å². The lowest BCUT2D eigenvalue weighted by atomic mass is 9.81. The lowest BCUT2D eigenvalue weighted by molar-refractivity contribution is -0.142. The van der Waals surface area contributed by atoms with E-state index in [4.69, 9.17) is 17.7 Å². The van der Waals surface area contributed by atoms with Crippen molar-refractivity contribution < 1.29 is 20.1 Å². The largest absolute Gasteiger partial charge is 0.507 e. The highest BCUT2D eigenvalue weighted by atomic mass is 16.4. The maximum Gasteiger partial charge on any atom is 0.313 e. The summed E-state index contributed by atoms with van der Waals surface area (Å²) in [7, 11) is 0. The molecule has 0 bridgehead atoms. The molecule has 0 atom stereocenters. The average molecular weight is 455 g/mol. The third-order valence-electron chi connectivity index (χ3n) is 5.81. The molecule has 0 aliphatic rings. The smallest absolute Gasteiger partial charge is 0.313 e. The molecule has 1 heterocycles. The van der Waals surface area contributed by atoms with Gasteiger partial charge in [-0.05, 0) is 61.9 Å². The number of carboxylic acids is 1. The highest BCUT2D eigenvalue weighted by molar-refractivity contribution is 5.98. The van der Waals surface area contributed by atoms with Crippen LogP contribution in [0, 0.1) is 12.0 Å². The van der Waals surface area contributed by atoms with E-state index in [1.54, 1.807) is 18.2 Å². The molecule has 1 aromatic heterocycles. The number of aromatic hydroxyl groups is 2. The van der Waals surface area contributed by atoms with E-state index >= 15 is 0 Å². The molecule has 9 heteroatoms. The van der Waals surface area contributed by atoms with Gasteiger partial charge in [-0.1, -0.05) is 6.07 Å². The molecule has 3 aromatic carbocycles. The Hall–Kier alpha value is -4.84. The van der Waals surface area contributed by atoms with Crippen molar-refractivity contribution in [3.8, 4) is 34.0 Å². The number of phenols is 2. The van der Waals surface area contributed by atoms with E-state index in [-0.39, 0.29) is 45.5 Å². The van der Waals surface area contributed by atoms with E-state index < -0.39 is 11.4 Å². The van der Waals surface area contributed by atoms with E-state index in [1.165, 1.54) is 44.2 Å². The van der Waals surface area contributed by atoms with Gasteiger partial charge in [0.15, 0.2) is 5.69 Å². The Morgan fingerprint density at radius 3 is 2.44 bits per heavy atom. The van der Waals surface area contributed by atoms with Crippen molar-refractivity contribution in [1.29, 1.82) is 5.41 Å². The third kappa shape index (κ3) is 3.67. The predicted molar refractivity (Wildman–Crippen MR) is 128 cm³/mol. The van der Waals surface area contributed by atoms with Crippen LogP contribution in [0.2, 0.25) is 0 Å². The molecular weight excluding hydrogens is 434 g/mol. The van der Waals surface area contributed by atoms with E-state index in [0.717, 1.165) is 0 Å². The molecule has 0 aliphatic carbocycles. The van der Waals surface area contributed by atoms with Crippen LogP contribution in [0.15, 0.2) is 48.5 Å². The summed E-state index contributed by atoms with van der Waals surface area (Å²) >= 11 is 0. The van der Waals surface area contributed by atoms with Crippen molar-refractivity contribution in [2.24, 2.45) is 5.73 Å². The summed E-state index contributed by atoms with van der Waals surface area (Å²) in [6, 6.07) is 12.2. The van der Waals surface area contributed by atoms with Crippen molar-refractivity contribution >= 4 is 28.5 Å². The minimum atomic E-state index is -1.34. The number of aromatic nitrogens is 2. The second-order valence-corrected chi connectivity index (χ2v) is 8.39. The number of benzene rings is 3. The maximum absolute atomic E-state index is 12.0. The van der Waals surface area contributed by atoms with Gasteiger partial charge in [-0.25, -0.2) is 9.83 Å².